The van der Waals surface area contributed by atoms with Crippen molar-refractivity contribution in [2.75, 3.05) is 18.5 Å². The van der Waals surface area contributed by atoms with Gasteiger partial charge in [-0.05, 0) is 49.2 Å². The van der Waals surface area contributed by atoms with Gasteiger partial charge >= 0.3 is 6.03 Å². The van der Waals surface area contributed by atoms with Gasteiger partial charge in [0.05, 0.1) is 6.54 Å². The van der Waals surface area contributed by atoms with E-state index in [2.05, 4.69) is 10.6 Å². The molecule has 0 atom stereocenters. The van der Waals surface area contributed by atoms with Crippen molar-refractivity contribution in [3.05, 3.63) is 59.4 Å². The minimum absolute atomic E-state index is 0.278. The topological polar surface area (TPSA) is 50.4 Å². The Hall–Kier alpha value is -2.56. The number of carbonyl (C=O) groups excluding carboxylic acids is 1. The molecule has 0 bridgehead atoms. The van der Waals surface area contributed by atoms with Crippen molar-refractivity contribution >= 4 is 11.7 Å². The fourth-order valence-electron chi connectivity index (χ4n) is 2.03. The second-order valence-corrected chi connectivity index (χ2v) is 4.95. The van der Waals surface area contributed by atoms with Crippen LogP contribution in [0.15, 0.2) is 42.5 Å². The van der Waals surface area contributed by atoms with Gasteiger partial charge in [-0.3, -0.25) is 0 Å². The van der Waals surface area contributed by atoms with E-state index < -0.39 is 0 Å². The molecule has 0 saturated heterocycles. The van der Waals surface area contributed by atoms with E-state index in [1.165, 1.54) is 12.1 Å². The third-order valence-electron chi connectivity index (χ3n) is 3.19. The molecule has 2 amide bonds. The van der Waals surface area contributed by atoms with Gasteiger partial charge in [0.25, 0.3) is 0 Å². The number of benzene rings is 2. The van der Waals surface area contributed by atoms with Gasteiger partial charge in [0, 0.05) is 5.69 Å². The van der Waals surface area contributed by atoms with Crippen LogP contribution in [-0.2, 0) is 0 Å². The maximum atomic E-state index is 12.7. The first kappa shape index (κ1) is 15.8. The van der Waals surface area contributed by atoms with Crippen LogP contribution in [0.4, 0.5) is 14.9 Å². The van der Waals surface area contributed by atoms with Crippen molar-refractivity contribution in [1.29, 1.82) is 0 Å². The molecule has 2 rings (SSSR count). The van der Waals surface area contributed by atoms with E-state index in [0.29, 0.717) is 18.9 Å². The molecule has 4 nitrogen and oxygen atoms in total. The summed E-state index contributed by atoms with van der Waals surface area (Å²) in [7, 11) is 0. The minimum Gasteiger partial charge on any atom is -0.492 e. The first-order chi connectivity index (χ1) is 10.6. The molecule has 0 aliphatic rings. The second-order valence-electron chi connectivity index (χ2n) is 4.95. The lowest BCUT2D eigenvalue weighted by molar-refractivity contribution is 0.247. The van der Waals surface area contributed by atoms with Crippen LogP contribution in [-0.4, -0.2) is 19.2 Å². The lowest BCUT2D eigenvalue weighted by Gasteiger charge is -2.12. The number of para-hydroxylation sites is 1. The molecular formula is C17H19FN2O2. The zero-order chi connectivity index (χ0) is 15.9. The second kappa shape index (κ2) is 7.45. The molecule has 0 radical (unpaired) electrons. The molecule has 2 N–H and O–H groups in total. The first-order valence-electron chi connectivity index (χ1n) is 7.05. The summed E-state index contributed by atoms with van der Waals surface area (Å²) >= 11 is 0. The van der Waals surface area contributed by atoms with Crippen LogP contribution < -0.4 is 15.4 Å². The number of rotatable bonds is 5. The van der Waals surface area contributed by atoms with E-state index >= 15 is 0 Å². The highest BCUT2D eigenvalue weighted by Crippen LogP contribution is 2.19. The summed E-state index contributed by atoms with van der Waals surface area (Å²) < 4.78 is 18.1. The van der Waals surface area contributed by atoms with Crippen molar-refractivity contribution in [3.8, 4) is 5.75 Å². The van der Waals surface area contributed by atoms with E-state index in [4.69, 9.17) is 4.74 Å². The van der Waals surface area contributed by atoms with Crippen LogP contribution >= 0.6 is 0 Å². The summed E-state index contributed by atoms with van der Waals surface area (Å²) in [6.07, 6.45) is 0. The molecule has 0 aromatic heterocycles. The SMILES string of the molecule is Cc1cccc(C)c1NC(=O)NCCOc1ccc(F)cc1. The number of urea groups is 1. The van der Waals surface area contributed by atoms with Gasteiger partial charge in [0.15, 0.2) is 0 Å². The molecule has 22 heavy (non-hydrogen) atoms. The predicted octanol–water partition coefficient (Wildman–Crippen LogP) is 3.64. The lowest BCUT2D eigenvalue weighted by atomic mass is 10.1. The molecule has 0 unspecified atom stereocenters. The fraction of sp³-hybridized carbons (Fsp3) is 0.235. The fourth-order valence-corrected chi connectivity index (χ4v) is 2.03. The molecule has 2 aromatic rings. The van der Waals surface area contributed by atoms with E-state index in [1.807, 2.05) is 32.0 Å². The molecule has 0 saturated carbocycles. The highest BCUT2D eigenvalue weighted by molar-refractivity contribution is 5.90. The summed E-state index contributed by atoms with van der Waals surface area (Å²) in [5.41, 5.74) is 2.84. The molecule has 0 heterocycles. The van der Waals surface area contributed by atoms with E-state index in [0.717, 1.165) is 16.8 Å². The Morgan fingerprint density at radius 1 is 1.09 bits per heavy atom. The van der Waals surface area contributed by atoms with Crippen LogP contribution in [0.25, 0.3) is 0 Å². The predicted molar refractivity (Wildman–Crippen MR) is 84.8 cm³/mol. The van der Waals surface area contributed by atoms with Gasteiger partial charge in [-0.15, -0.1) is 0 Å². The molecular weight excluding hydrogens is 283 g/mol. The average molecular weight is 302 g/mol. The van der Waals surface area contributed by atoms with Gasteiger partial charge in [0.1, 0.15) is 18.2 Å². The zero-order valence-corrected chi connectivity index (χ0v) is 12.7. The highest BCUT2D eigenvalue weighted by Gasteiger charge is 2.06. The molecule has 0 aliphatic heterocycles. The van der Waals surface area contributed by atoms with E-state index in [9.17, 15) is 9.18 Å². The van der Waals surface area contributed by atoms with Crippen molar-refractivity contribution in [2.45, 2.75) is 13.8 Å². The Labute approximate surface area is 129 Å². The Bertz CT molecular complexity index is 621. The van der Waals surface area contributed by atoms with Crippen LogP contribution in [0.2, 0.25) is 0 Å². The monoisotopic (exact) mass is 302 g/mol. The number of anilines is 1. The molecule has 0 fully saturated rings. The number of carbonyl (C=O) groups is 1. The number of ether oxygens (including phenoxy) is 1. The van der Waals surface area contributed by atoms with Crippen LogP contribution in [0.3, 0.4) is 0 Å². The van der Waals surface area contributed by atoms with E-state index in [1.54, 1.807) is 12.1 Å². The van der Waals surface area contributed by atoms with Gasteiger partial charge in [-0.25, -0.2) is 9.18 Å². The molecule has 0 aliphatic carbocycles. The first-order valence-corrected chi connectivity index (χ1v) is 7.05. The van der Waals surface area contributed by atoms with Crippen molar-refractivity contribution in [1.82, 2.24) is 5.32 Å². The zero-order valence-electron chi connectivity index (χ0n) is 12.7. The molecule has 2 aromatic carbocycles. The maximum absolute atomic E-state index is 12.7. The Balaban J connectivity index is 1.75. The number of amides is 2. The number of hydrogen-bond donors (Lipinski definition) is 2. The Morgan fingerprint density at radius 3 is 2.36 bits per heavy atom. The Kier molecular flexibility index (Phi) is 5.36. The standard InChI is InChI=1S/C17H19FN2O2/c1-12-4-3-5-13(2)16(12)20-17(21)19-10-11-22-15-8-6-14(18)7-9-15/h3-9H,10-11H2,1-2H3,(H2,19,20,21). The number of nitrogens with one attached hydrogen (secondary N) is 2. The van der Waals surface area contributed by atoms with Crippen molar-refractivity contribution < 1.29 is 13.9 Å². The lowest BCUT2D eigenvalue weighted by Crippen LogP contribution is -2.32. The number of halogens is 1. The molecule has 5 heteroatoms. The molecule has 116 valence electrons. The van der Waals surface area contributed by atoms with Crippen LogP contribution in [0.1, 0.15) is 11.1 Å². The number of hydrogen-bond acceptors (Lipinski definition) is 2. The quantitative estimate of drug-likeness (QED) is 0.828. The summed E-state index contributed by atoms with van der Waals surface area (Å²) in [4.78, 5) is 11.8. The third-order valence-corrected chi connectivity index (χ3v) is 3.19. The largest absolute Gasteiger partial charge is 0.492 e. The maximum Gasteiger partial charge on any atom is 0.319 e. The summed E-state index contributed by atoms with van der Waals surface area (Å²) in [5.74, 6) is 0.261. The molecule has 0 spiro atoms. The third kappa shape index (κ3) is 4.48. The summed E-state index contributed by atoms with van der Waals surface area (Å²) in [6, 6.07) is 11.3. The van der Waals surface area contributed by atoms with Crippen molar-refractivity contribution in [3.63, 3.8) is 0 Å². The van der Waals surface area contributed by atoms with Gasteiger partial charge < -0.3 is 15.4 Å². The van der Waals surface area contributed by atoms with E-state index in [-0.39, 0.29) is 11.8 Å². The number of aryl methyl sites for hydroxylation is 2. The smallest absolute Gasteiger partial charge is 0.319 e. The highest BCUT2D eigenvalue weighted by atomic mass is 19.1. The Morgan fingerprint density at radius 2 is 1.73 bits per heavy atom. The van der Waals surface area contributed by atoms with Gasteiger partial charge in [-0.2, -0.15) is 0 Å². The van der Waals surface area contributed by atoms with Gasteiger partial charge in [-0.1, -0.05) is 18.2 Å². The van der Waals surface area contributed by atoms with Crippen molar-refractivity contribution in [2.24, 2.45) is 0 Å². The normalized spacial score (nSPS) is 10.1. The minimum atomic E-state index is -0.307. The van der Waals surface area contributed by atoms with Gasteiger partial charge in [0.2, 0.25) is 0 Å². The summed E-state index contributed by atoms with van der Waals surface area (Å²) in [6.45, 7) is 4.56. The van der Waals surface area contributed by atoms with Crippen LogP contribution in [0.5, 0.6) is 5.75 Å². The average Bonchev–Trinajstić information content (AvgIpc) is 2.49. The summed E-state index contributed by atoms with van der Waals surface area (Å²) in [5, 5.41) is 5.55. The van der Waals surface area contributed by atoms with Crippen LogP contribution in [0, 0.1) is 19.7 Å².